The number of aliphatic hydroxyl groups is 1. The van der Waals surface area contributed by atoms with Crippen LogP contribution in [0.2, 0.25) is 0 Å². The van der Waals surface area contributed by atoms with E-state index in [9.17, 15) is 4.79 Å². The van der Waals surface area contributed by atoms with E-state index < -0.39 is 0 Å². The first-order chi connectivity index (χ1) is 9.20. The second-order valence-corrected chi connectivity index (χ2v) is 5.52. The van der Waals surface area contributed by atoms with E-state index in [0.717, 1.165) is 31.2 Å². The smallest absolute Gasteiger partial charge is 0.226 e. The maximum absolute atomic E-state index is 12.2. The van der Waals surface area contributed by atoms with E-state index in [0.29, 0.717) is 18.4 Å². The van der Waals surface area contributed by atoms with Crippen molar-refractivity contribution < 1.29 is 9.90 Å². The first-order valence-corrected chi connectivity index (χ1v) is 7.11. The Labute approximate surface area is 115 Å². The quantitative estimate of drug-likeness (QED) is 0.903. The van der Waals surface area contributed by atoms with Gasteiger partial charge in [-0.05, 0) is 37.2 Å². The van der Waals surface area contributed by atoms with Crippen LogP contribution in [-0.2, 0) is 11.2 Å². The molecule has 1 saturated carbocycles. The normalized spacial score (nSPS) is 23.1. The molecule has 104 valence electrons. The standard InChI is InChI=1S/C16H23NO2/c1-17(15-9-7-14(12-18)8-10-15)16(19)11-13-5-3-2-4-6-13/h2-6,14-15,18H,7-12H2,1H3. The van der Waals surface area contributed by atoms with Gasteiger partial charge in [-0.2, -0.15) is 0 Å². The highest BCUT2D eigenvalue weighted by atomic mass is 16.3. The van der Waals surface area contributed by atoms with Crippen LogP contribution in [0.5, 0.6) is 0 Å². The highest BCUT2D eigenvalue weighted by Gasteiger charge is 2.25. The molecule has 1 fully saturated rings. The number of hydrogen-bond acceptors (Lipinski definition) is 2. The van der Waals surface area contributed by atoms with Crippen molar-refractivity contribution in [1.82, 2.24) is 4.90 Å². The van der Waals surface area contributed by atoms with Crippen molar-refractivity contribution in [3.8, 4) is 0 Å². The SMILES string of the molecule is CN(C(=O)Cc1ccccc1)C1CCC(CO)CC1. The molecule has 0 unspecified atom stereocenters. The Morgan fingerprint density at radius 2 is 1.84 bits per heavy atom. The van der Waals surface area contributed by atoms with E-state index in [1.807, 2.05) is 42.3 Å². The van der Waals surface area contributed by atoms with Gasteiger partial charge < -0.3 is 10.0 Å². The van der Waals surface area contributed by atoms with Crippen molar-refractivity contribution in [3.63, 3.8) is 0 Å². The van der Waals surface area contributed by atoms with Crippen LogP contribution in [0, 0.1) is 5.92 Å². The molecule has 0 atom stereocenters. The molecule has 0 heterocycles. The molecule has 0 radical (unpaired) electrons. The Hall–Kier alpha value is -1.35. The minimum absolute atomic E-state index is 0.193. The average Bonchev–Trinajstić information content (AvgIpc) is 2.47. The van der Waals surface area contributed by atoms with Crippen LogP contribution in [0.25, 0.3) is 0 Å². The minimum Gasteiger partial charge on any atom is -0.396 e. The van der Waals surface area contributed by atoms with Crippen molar-refractivity contribution in [2.45, 2.75) is 38.1 Å². The van der Waals surface area contributed by atoms with E-state index in [2.05, 4.69) is 0 Å². The second-order valence-electron chi connectivity index (χ2n) is 5.52. The van der Waals surface area contributed by atoms with Crippen LogP contribution in [0.4, 0.5) is 0 Å². The molecule has 1 aliphatic carbocycles. The first-order valence-electron chi connectivity index (χ1n) is 7.11. The van der Waals surface area contributed by atoms with Gasteiger partial charge in [-0.1, -0.05) is 30.3 Å². The van der Waals surface area contributed by atoms with Gasteiger partial charge in [0.05, 0.1) is 6.42 Å². The Bertz CT molecular complexity index is 396. The molecule has 0 bridgehead atoms. The van der Waals surface area contributed by atoms with Crippen LogP contribution in [0.1, 0.15) is 31.2 Å². The third-order valence-corrected chi connectivity index (χ3v) is 4.21. The molecule has 0 saturated heterocycles. The second kappa shape index (κ2) is 6.71. The molecule has 2 rings (SSSR count). The summed E-state index contributed by atoms with van der Waals surface area (Å²) >= 11 is 0. The Balaban J connectivity index is 1.86. The molecule has 0 aliphatic heterocycles. The summed E-state index contributed by atoms with van der Waals surface area (Å²) in [4.78, 5) is 14.1. The monoisotopic (exact) mass is 261 g/mol. The summed E-state index contributed by atoms with van der Waals surface area (Å²) in [7, 11) is 1.91. The lowest BCUT2D eigenvalue weighted by molar-refractivity contribution is -0.132. The minimum atomic E-state index is 0.193. The Kier molecular flexibility index (Phi) is 4.97. The van der Waals surface area contributed by atoms with Crippen molar-refractivity contribution >= 4 is 5.91 Å². The number of aliphatic hydroxyl groups excluding tert-OH is 1. The molecule has 0 spiro atoms. The molecule has 1 aromatic carbocycles. The van der Waals surface area contributed by atoms with E-state index >= 15 is 0 Å². The zero-order chi connectivity index (χ0) is 13.7. The first kappa shape index (κ1) is 14.1. The van der Waals surface area contributed by atoms with Crippen LogP contribution in [0.3, 0.4) is 0 Å². The van der Waals surface area contributed by atoms with Crippen LogP contribution >= 0.6 is 0 Å². The van der Waals surface area contributed by atoms with Crippen LogP contribution in [-0.4, -0.2) is 35.6 Å². The van der Waals surface area contributed by atoms with E-state index in [1.54, 1.807) is 0 Å². The van der Waals surface area contributed by atoms with Gasteiger partial charge in [0.1, 0.15) is 0 Å². The summed E-state index contributed by atoms with van der Waals surface area (Å²) in [5.74, 6) is 0.632. The lowest BCUT2D eigenvalue weighted by Gasteiger charge is -2.34. The highest BCUT2D eigenvalue weighted by Crippen LogP contribution is 2.26. The third-order valence-electron chi connectivity index (χ3n) is 4.21. The Morgan fingerprint density at radius 3 is 2.42 bits per heavy atom. The van der Waals surface area contributed by atoms with E-state index in [-0.39, 0.29) is 12.5 Å². The number of nitrogens with zero attached hydrogens (tertiary/aromatic N) is 1. The number of hydrogen-bond donors (Lipinski definition) is 1. The number of benzene rings is 1. The lowest BCUT2D eigenvalue weighted by atomic mass is 9.86. The van der Waals surface area contributed by atoms with Gasteiger partial charge in [0.15, 0.2) is 0 Å². The third kappa shape index (κ3) is 3.80. The number of likely N-dealkylation sites (N-methyl/N-ethyl adjacent to an activating group) is 1. The maximum Gasteiger partial charge on any atom is 0.226 e. The predicted octanol–water partition coefficient (Wildman–Crippen LogP) is 2.24. The van der Waals surface area contributed by atoms with Crippen LogP contribution in [0.15, 0.2) is 30.3 Å². The molecule has 1 amide bonds. The molecule has 1 N–H and O–H groups in total. The molecular weight excluding hydrogens is 238 g/mol. The summed E-state index contributed by atoms with van der Waals surface area (Å²) in [6.07, 6.45) is 4.58. The van der Waals surface area contributed by atoms with Crippen molar-refractivity contribution in [2.24, 2.45) is 5.92 Å². The summed E-state index contributed by atoms with van der Waals surface area (Å²) < 4.78 is 0. The van der Waals surface area contributed by atoms with Crippen molar-refractivity contribution in [1.29, 1.82) is 0 Å². The maximum atomic E-state index is 12.2. The molecule has 3 heteroatoms. The lowest BCUT2D eigenvalue weighted by Crippen LogP contribution is -2.40. The van der Waals surface area contributed by atoms with Crippen molar-refractivity contribution in [2.75, 3.05) is 13.7 Å². The molecule has 19 heavy (non-hydrogen) atoms. The van der Waals surface area contributed by atoms with Crippen LogP contribution < -0.4 is 0 Å². The summed E-state index contributed by atoms with van der Waals surface area (Å²) in [5, 5.41) is 9.14. The zero-order valence-electron chi connectivity index (χ0n) is 11.6. The summed E-state index contributed by atoms with van der Waals surface area (Å²) in [6, 6.07) is 10.2. The molecule has 1 aliphatic rings. The number of carbonyl (C=O) groups excluding carboxylic acids is 1. The topological polar surface area (TPSA) is 40.5 Å². The zero-order valence-corrected chi connectivity index (χ0v) is 11.6. The van der Waals surface area contributed by atoms with E-state index in [1.165, 1.54) is 0 Å². The fraction of sp³-hybridized carbons (Fsp3) is 0.562. The van der Waals surface area contributed by atoms with Gasteiger partial charge in [0, 0.05) is 19.7 Å². The summed E-state index contributed by atoms with van der Waals surface area (Å²) in [6.45, 7) is 0.286. The highest BCUT2D eigenvalue weighted by molar-refractivity contribution is 5.78. The number of rotatable bonds is 4. The summed E-state index contributed by atoms with van der Waals surface area (Å²) in [5.41, 5.74) is 1.07. The van der Waals surface area contributed by atoms with Gasteiger partial charge in [0.2, 0.25) is 5.91 Å². The molecular formula is C16H23NO2. The van der Waals surface area contributed by atoms with Gasteiger partial charge in [0.25, 0.3) is 0 Å². The molecule has 0 aromatic heterocycles. The largest absolute Gasteiger partial charge is 0.396 e. The fourth-order valence-corrected chi connectivity index (χ4v) is 2.81. The fourth-order valence-electron chi connectivity index (χ4n) is 2.81. The molecule has 3 nitrogen and oxygen atoms in total. The number of amides is 1. The Morgan fingerprint density at radius 1 is 1.21 bits per heavy atom. The van der Waals surface area contributed by atoms with E-state index in [4.69, 9.17) is 5.11 Å². The average molecular weight is 261 g/mol. The van der Waals surface area contributed by atoms with Gasteiger partial charge >= 0.3 is 0 Å². The van der Waals surface area contributed by atoms with Gasteiger partial charge in [-0.25, -0.2) is 0 Å². The van der Waals surface area contributed by atoms with Gasteiger partial charge in [-0.3, -0.25) is 4.79 Å². The predicted molar refractivity (Wildman–Crippen MR) is 75.7 cm³/mol. The molecule has 1 aromatic rings. The van der Waals surface area contributed by atoms with Gasteiger partial charge in [-0.15, -0.1) is 0 Å². The number of carbonyl (C=O) groups is 1. The van der Waals surface area contributed by atoms with Crippen molar-refractivity contribution in [3.05, 3.63) is 35.9 Å².